The highest BCUT2D eigenvalue weighted by molar-refractivity contribution is 5.22. The molecule has 90 valence electrons. The van der Waals surface area contributed by atoms with Crippen molar-refractivity contribution in [2.75, 3.05) is 6.54 Å². The van der Waals surface area contributed by atoms with Crippen LogP contribution in [-0.4, -0.2) is 17.8 Å². The maximum absolute atomic E-state index is 13.5. The third-order valence-electron chi connectivity index (χ3n) is 2.40. The van der Waals surface area contributed by atoms with Crippen LogP contribution in [0.5, 0.6) is 0 Å². The van der Waals surface area contributed by atoms with Gasteiger partial charge in [0.15, 0.2) is 0 Å². The molecule has 0 spiro atoms. The van der Waals surface area contributed by atoms with E-state index in [1.54, 1.807) is 6.92 Å². The van der Waals surface area contributed by atoms with Gasteiger partial charge in [-0.2, -0.15) is 0 Å². The standard InChI is InChI=1S/C12H17F2NO/c1-3-12(15-7-8(2)16)10-6-9(13)4-5-11(10)14/h4-6,8,12,15-16H,3,7H2,1-2H3/t8-,12?/m0/s1. The van der Waals surface area contributed by atoms with Gasteiger partial charge in [-0.15, -0.1) is 0 Å². The quantitative estimate of drug-likeness (QED) is 0.812. The van der Waals surface area contributed by atoms with Crippen LogP contribution >= 0.6 is 0 Å². The molecule has 1 aromatic rings. The highest BCUT2D eigenvalue weighted by Gasteiger charge is 2.14. The van der Waals surface area contributed by atoms with Crippen LogP contribution < -0.4 is 5.32 Å². The van der Waals surface area contributed by atoms with Crippen LogP contribution in [0.2, 0.25) is 0 Å². The van der Waals surface area contributed by atoms with Crippen molar-refractivity contribution in [2.45, 2.75) is 32.4 Å². The van der Waals surface area contributed by atoms with Crippen molar-refractivity contribution in [1.29, 1.82) is 0 Å². The van der Waals surface area contributed by atoms with Crippen LogP contribution in [0, 0.1) is 11.6 Å². The van der Waals surface area contributed by atoms with Crippen molar-refractivity contribution in [3.05, 3.63) is 35.4 Å². The second-order valence-electron chi connectivity index (χ2n) is 3.88. The van der Waals surface area contributed by atoms with Crippen molar-refractivity contribution in [3.63, 3.8) is 0 Å². The smallest absolute Gasteiger partial charge is 0.128 e. The van der Waals surface area contributed by atoms with Crippen molar-refractivity contribution in [1.82, 2.24) is 5.32 Å². The molecule has 0 aliphatic carbocycles. The minimum absolute atomic E-state index is 0.273. The zero-order chi connectivity index (χ0) is 12.1. The first kappa shape index (κ1) is 13.1. The summed E-state index contributed by atoms with van der Waals surface area (Å²) in [6.45, 7) is 3.88. The molecule has 0 aromatic heterocycles. The third kappa shape index (κ3) is 3.54. The molecule has 0 aliphatic heterocycles. The van der Waals surface area contributed by atoms with Gasteiger partial charge in [-0.1, -0.05) is 6.92 Å². The second-order valence-corrected chi connectivity index (χ2v) is 3.88. The fourth-order valence-electron chi connectivity index (χ4n) is 1.57. The Hall–Kier alpha value is -1.00. The summed E-state index contributed by atoms with van der Waals surface area (Å²) in [4.78, 5) is 0. The average molecular weight is 229 g/mol. The molecular weight excluding hydrogens is 212 g/mol. The fraction of sp³-hybridized carbons (Fsp3) is 0.500. The maximum Gasteiger partial charge on any atom is 0.128 e. The first-order valence-electron chi connectivity index (χ1n) is 5.41. The number of aliphatic hydroxyl groups excluding tert-OH is 1. The Bertz CT molecular complexity index is 342. The van der Waals surface area contributed by atoms with E-state index in [1.165, 1.54) is 6.07 Å². The summed E-state index contributed by atoms with van der Waals surface area (Å²) in [5.74, 6) is -0.875. The first-order valence-corrected chi connectivity index (χ1v) is 5.41. The third-order valence-corrected chi connectivity index (χ3v) is 2.40. The largest absolute Gasteiger partial charge is 0.392 e. The fourth-order valence-corrected chi connectivity index (χ4v) is 1.57. The lowest BCUT2D eigenvalue weighted by molar-refractivity contribution is 0.185. The maximum atomic E-state index is 13.5. The number of hydrogen-bond acceptors (Lipinski definition) is 2. The van der Waals surface area contributed by atoms with E-state index in [4.69, 9.17) is 5.11 Å². The summed E-state index contributed by atoms with van der Waals surface area (Å²) in [7, 11) is 0. The van der Waals surface area contributed by atoms with Gasteiger partial charge in [-0.3, -0.25) is 0 Å². The first-order chi connectivity index (χ1) is 7.54. The van der Waals surface area contributed by atoms with Crippen LogP contribution in [0.4, 0.5) is 8.78 Å². The molecule has 2 atom stereocenters. The number of halogens is 2. The summed E-state index contributed by atoms with van der Waals surface area (Å²) in [5.41, 5.74) is 0.308. The summed E-state index contributed by atoms with van der Waals surface area (Å²) in [6, 6.07) is 3.14. The zero-order valence-corrected chi connectivity index (χ0v) is 9.50. The highest BCUT2D eigenvalue weighted by atomic mass is 19.1. The molecule has 0 saturated carbocycles. The Kier molecular flexibility index (Phi) is 4.83. The molecule has 1 rings (SSSR count). The Labute approximate surface area is 94.3 Å². The molecular formula is C12H17F2NO. The topological polar surface area (TPSA) is 32.3 Å². The van der Waals surface area contributed by atoms with E-state index in [0.29, 0.717) is 18.5 Å². The Morgan fingerprint density at radius 2 is 2.06 bits per heavy atom. The zero-order valence-electron chi connectivity index (χ0n) is 9.50. The molecule has 0 heterocycles. The predicted molar refractivity (Wildman–Crippen MR) is 59.1 cm³/mol. The van der Waals surface area contributed by atoms with Gasteiger partial charge in [-0.05, 0) is 31.5 Å². The Morgan fingerprint density at radius 3 is 2.62 bits per heavy atom. The molecule has 2 N–H and O–H groups in total. The highest BCUT2D eigenvalue weighted by Crippen LogP contribution is 2.20. The van der Waals surface area contributed by atoms with Crippen LogP contribution in [0.25, 0.3) is 0 Å². The van der Waals surface area contributed by atoms with E-state index in [9.17, 15) is 8.78 Å². The van der Waals surface area contributed by atoms with Crippen LogP contribution in [0.15, 0.2) is 18.2 Å². The van der Waals surface area contributed by atoms with E-state index < -0.39 is 17.7 Å². The molecule has 4 heteroatoms. The van der Waals surface area contributed by atoms with Crippen molar-refractivity contribution in [2.24, 2.45) is 0 Å². The molecule has 1 aromatic carbocycles. The van der Waals surface area contributed by atoms with Gasteiger partial charge in [-0.25, -0.2) is 8.78 Å². The van der Waals surface area contributed by atoms with Crippen LogP contribution in [0.1, 0.15) is 31.9 Å². The number of aliphatic hydroxyl groups is 1. The molecule has 0 amide bonds. The van der Waals surface area contributed by atoms with Gasteiger partial charge in [0, 0.05) is 18.2 Å². The molecule has 16 heavy (non-hydrogen) atoms. The lowest BCUT2D eigenvalue weighted by Gasteiger charge is -2.19. The minimum atomic E-state index is -0.509. The van der Waals surface area contributed by atoms with E-state index in [2.05, 4.69) is 5.32 Å². The number of rotatable bonds is 5. The lowest BCUT2D eigenvalue weighted by Crippen LogP contribution is -2.29. The molecule has 0 saturated heterocycles. The molecule has 0 aliphatic rings. The van der Waals surface area contributed by atoms with Gasteiger partial charge >= 0.3 is 0 Å². The Balaban J connectivity index is 2.81. The van der Waals surface area contributed by atoms with Crippen molar-refractivity contribution in [3.8, 4) is 0 Å². The lowest BCUT2D eigenvalue weighted by atomic mass is 10.0. The summed E-state index contributed by atoms with van der Waals surface area (Å²) in [6.07, 6.45) is 0.123. The Morgan fingerprint density at radius 1 is 1.38 bits per heavy atom. The summed E-state index contributed by atoms with van der Waals surface area (Å²) >= 11 is 0. The SMILES string of the molecule is CCC(NC[C@H](C)O)c1cc(F)ccc1F. The van der Waals surface area contributed by atoms with Gasteiger partial charge < -0.3 is 10.4 Å². The molecule has 0 radical (unpaired) electrons. The van der Waals surface area contributed by atoms with Crippen LogP contribution in [0.3, 0.4) is 0 Å². The normalized spacial score (nSPS) is 14.8. The predicted octanol–water partition coefficient (Wildman–Crippen LogP) is 2.39. The molecule has 0 bridgehead atoms. The average Bonchev–Trinajstić information content (AvgIpc) is 2.23. The molecule has 0 fully saturated rings. The van der Waals surface area contributed by atoms with E-state index in [-0.39, 0.29) is 6.04 Å². The number of benzene rings is 1. The monoisotopic (exact) mass is 229 g/mol. The number of nitrogens with one attached hydrogen (secondary N) is 1. The van der Waals surface area contributed by atoms with Gasteiger partial charge in [0.2, 0.25) is 0 Å². The minimum Gasteiger partial charge on any atom is -0.392 e. The van der Waals surface area contributed by atoms with Gasteiger partial charge in [0.25, 0.3) is 0 Å². The summed E-state index contributed by atoms with van der Waals surface area (Å²) < 4.78 is 26.5. The second kappa shape index (κ2) is 5.92. The van der Waals surface area contributed by atoms with E-state index in [0.717, 1.165) is 12.1 Å². The van der Waals surface area contributed by atoms with Crippen molar-refractivity contribution >= 4 is 0 Å². The molecule has 1 unspecified atom stereocenters. The van der Waals surface area contributed by atoms with Gasteiger partial charge in [0.1, 0.15) is 11.6 Å². The van der Waals surface area contributed by atoms with Gasteiger partial charge in [0.05, 0.1) is 6.10 Å². The van der Waals surface area contributed by atoms with E-state index >= 15 is 0 Å². The van der Waals surface area contributed by atoms with E-state index in [1.807, 2.05) is 6.92 Å². The molecule has 2 nitrogen and oxygen atoms in total. The number of hydrogen-bond donors (Lipinski definition) is 2. The van der Waals surface area contributed by atoms with Crippen LogP contribution in [-0.2, 0) is 0 Å². The van der Waals surface area contributed by atoms with Crippen molar-refractivity contribution < 1.29 is 13.9 Å². The summed E-state index contributed by atoms with van der Waals surface area (Å²) in [5, 5.41) is 12.1.